The number of benzene rings is 1. The van der Waals surface area contributed by atoms with Crippen LogP contribution in [0.4, 0.5) is 0 Å². The molecule has 0 unspecified atom stereocenters. The monoisotopic (exact) mass is 270 g/mol. The van der Waals surface area contributed by atoms with Crippen LogP contribution in [0.1, 0.15) is 18.1 Å². The summed E-state index contributed by atoms with van der Waals surface area (Å²) in [6, 6.07) is 6.98. The van der Waals surface area contributed by atoms with Crippen molar-refractivity contribution < 1.29 is 4.74 Å². The first-order chi connectivity index (χ1) is 8.19. The first-order valence-corrected chi connectivity index (χ1v) is 6.28. The van der Waals surface area contributed by atoms with E-state index >= 15 is 0 Å². The van der Waals surface area contributed by atoms with Gasteiger partial charge in [-0.2, -0.15) is 0 Å². The molecule has 1 fully saturated rings. The van der Waals surface area contributed by atoms with Crippen LogP contribution in [-0.4, -0.2) is 37.7 Å². The van der Waals surface area contributed by atoms with Gasteiger partial charge in [-0.1, -0.05) is 17.7 Å². The summed E-state index contributed by atoms with van der Waals surface area (Å²) < 4.78 is 5.43. The molecule has 1 aromatic carbocycles. The lowest BCUT2D eigenvalue weighted by molar-refractivity contribution is 0.197. The van der Waals surface area contributed by atoms with Gasteiger partial charge in [0.25, 0.3) is 0 Å². The van der Waals surface area contributed by atoms with Gasteiger partial charge in [-0.3, -0.25) is 4.90 Å². The first-order valence-electron chi connectivity index (χ1n) is 6.28. The number of methoxy groups -OCH3 is 1. The second kappa shape index (κ2) is 6.98. The SMILES string of the molecule is COc1ccc(C)cc1CN1CCN[C@@H](C)C1.Cl. The van der Waals surface area contributed by atoms with Gasteiger partial charge in [-0.05, 0) is 19.9 Å². The molecule has 18 heavy (non-hydrogen) atoms. The zero-order chi connectivity index (χ0) is 12.3. The Balaban J connectivity index is 0.00000162. The van der Waals surface area contributed by atoms with E-state index < -0.39 is 0 Å². The lowest BCUT2D eigenvalue weighted by atomic mass is 10.1. The van der Waals surface area contributed by atoms with Crippen molar-refractivity contribution >= 4 is 12.4 Å². The molecule has 0 aliphatic carbocycles. The molecular formula is C14H23ClN2O. The number of aryl methyl sites for hydroxylation is 1. The Labute approximate surface area is 116 Å². The van der Waals surface area contributed by atoms with Crippen molar-refractivity contribution in [3.8, 4) is 5.75 Å². The zero-order valence-electron chi connectivity index (χ0n) is 11.4. The number of ether oxygens (including phenoxy) is 1. The average molecular weight is 271 g/mol. The van der Waals surface area contributed by atoms with Gasteiger partial charge in [0.2, 0.25) is 0 Å². The van der Waals surface area contributed by atoms with Gasteiger partial charge in [0.15, 0.2) is 0 Å². The second-order valence-electron chi connectivity index (χ2n) is 4.91. The van der Waals surface area contributed by atoms with E-state index in [1.54, 1.807) is 7.11 Å². The summed E-state index contributed by atoms with van der Waals surface area (Å²) in [4.78, 5) is 2.48. The number of nitrogens with zero attached hydrogens (tertiary/aromatic N) is 1. The third-order valence-corrected chi connectivity index (χ3v) is 3.28. The van der Waals surface area contributed by atoms with Crippen molar-refractivity contribution in [3.63, 3.8) is 0 Å². The Bertz CT molecular complexity index is 384. The molecule has 1 aliphatic heterocycles. The summed E-state index contributed by atoms with van der Waals surface area (Å²) in [5, 5.41) is 3.46. The van der Waals surface area contributed by atoms with Crippen molar-refractivity contribution in [1.29, 1.82) is 0 Å². The minimum atomic E-state index is 0. The lowest BCUT2D eigenvalue weighted by Gasteiger charge is -2.32. The van der Waals surface area contributed by atoms with Crippen molar-refractivity contribution in [2.45, 2.75) is 26.4 Å². The number of piperazine rings is 1. The minimum Gasteiger partial charge on any atom is -0.496 e. The highest BCUT2D eigenvalue weighted by atomic mass is 35.5. The van der Waals surface area contributed by atoms with Crippen LogP contribution < -0.4 is 10.1 Å². The molecule has 1 aromatic rings. The topological polar surface area (TPSA) is 24.5 Å². The first kappa shape index (κ1) is 15.3. The molecule has 1 atom stereocenters. The van der Waals surface area contributed by atoms with Crippen LogP contribution in [0.2, 0.25) is 0 Å². The van der Waals surface area contributed by atoms with Crippen molar-refractivity contribution in [1.82, 2.24) is 10.2 Å². The highest BCUT2D eigenvalue weighted by Gasteiger charge is 2.16. The number of halogens is 1. The summed E-state index contributed by atoms with van der Waals surface area (Å²) in [5.74, 6) is 1.00. The molecular weight excluding hydrogens is 248 g/mol. The van der Waals surface area contributed by atoms with E-state index in [4.69, 9.17) is 4.74 Å². The van der Waals surface area contributed by atoms with E-state index in [-0.39, 0.29) is 12.4 Å². The Morgan fingerprint density at radius 1 is 1.44 bits per heavy atom. The minimum absolute atomic E-state index is 0. The molecule has 1 heterocycles. The van der Waals surface area contributed by atoms with Crippen LogP contribution in [0, 0.1) is 6.92 Å². The lowest BCUT2D eigenvalue weighted by Crippen LogP contribution is -2.48. The summed E-state index contributed by atoms with van der Waals surface area (Å²) in [6.07, 6.45) is 0. The molecule has 1 N–H and O–H groups in total. The maximum Gasteiger partial charge on any atom is 0.123 e. The number of nitrogens with one attached hydrogen (secondary N) is 1. The van der Waals surface area contributed by atoms with Gasteiger partial charge in [0.05, 0.1) is 7.11 Å². The third-order valence-electron chi connectivity index (χ3n) is 3.28. The van der Waals surface area contributed by atoms with Gasteiger partial charge in [0.1, 0.15) is 5.75 Å². The van der Waals surface area contributed by atoms with Gasteiger partial charge in [-0.25, -0.2) is 0 Å². The highest BCUT2D eigenvalue weighted by molar-refractivity contribution is 5.85. The van der Waals surface area contributed by atoms with Crippen LogP contribution in [-0.2, 0) is 6.54 Å². The summed E-state index contributed by atoms with van der Waals surface area (Å²) in [5.41, 5.74) is 2.59. The molecule has 0 radical (unpaired) electrons. The molecule has 1 aliphatic rings. The van der Waals surface area contributed by atoms with Gasteiger partial charge >= 0.3 is 0 Å². The van der Waals surface area contributed by atoms with Crippen LogP contribution in [0.15, 0.2) is 18.2 Å². The summed E-state index contributed by atoms with van der Waals surface area (Å²) in [7, 11) is 1.74. The standard InChI is InChI=1S/C14H22N2O.ClH/c1-11-4-5-14(17-3)13(8-11)10-16-7-6-15-12(2)9-16;/h4-5,8,12,15H,6-7,9-10H2,1-3H3;1H/t12-;/m0./s1. The van der Waals surface area contributed by atoms with E-state index in [1.165, 1.54) is 11.1 Å². The van der Waals surface area contributed by atoms with Crippen molar-refractivity contribution in [2.75, 3.05) is 26.7 Å². The predicted octanol–water partition coefficient (Wildman–Crippen LogP) is 2.22. The maximum absolute atomic E-state index is 5.43. The number of rotatable bonds is 3. The summed E-state index contributed by atoms with van der Waals surface area (Å²) >= 11 is 0. The number of hydrogen-bond acceptors (Lipinski definition) is 3. The average Bonchev–Trinajstić information content (AvgIpc) is 2.29. The molecule has 102 valence electrons. The van der Waals surface area contributed by atoms with E-state index in [1.807, 2.05) is 0 Å². The maximum atomic E-state index is 5.43. The van der Waals surface area contributed by atoms with Crippen LogP contribution in [0.25, 0.3) is 0 Å². The Morgan fingerprint density at radius 2 is 2.22 bits per heavy atom. The predicted molar refractivity (Wildman–Crippen MR) is 77.7 cm³/mol. The molecule has 2 rings (SSSR count). The fraction of sp³-hybridized carbons (Fsp3) is 0.571. The van der Waals surface area contributed by atoms with Gasteiger partial charge in [0, 0.05) is 37.8 Å². The third kappa shape index (κ3) is 3.87. The fourth-order valence-electron chi connectivity index (χ4n) is 2.43. The molecule has 0 bridgehead atoms. The molecule has 0 saturated carbocycles. The molecule has 0 aromatic heterocycles. The largest absolute Gasteiger partial charge is 0.496 e. The van der Waals surface area contributed by atoms with Gasteiger partial charge < -0.3 is 10.1 Å². The summed E-state index contributed by atoms with van der Waals surface area (Å²) in [6.45, 7) is 8.65. The van der Waals surface area contributed by atoms with Crippen LogP contribution in [0.5, 0.6) is 5.75 Å². The van der Waals surface area contributed by atoms with Crippen molar-refractivity contribution in [2.24, 2.45) is 0 Å². The Hall–Kier alpha value is -0.770. The van der Waals surface area contributed by atoms with E-state index in [0.29, 0.717) is 6.04 Å². The quantitative estimate of drug-likeness (QED) is 0.912. The molecule has 0 spiro atoms. The highest BCUT2D eigenvalue weighted by Crippen LogP contribution is 2.21. The number of hydrogen-bond donors (Lipinski definition) is 1. The van der Waals surface area contributed by atoms with E-state index in [0.717, 1.165) is 31.9 Å². The molecule has 0 amide bonds. The van der Waals surface area contributed by atoms with Crippen LogP contribution >= 0.6 is 12.4 Å². The molecule has 1 saturated heterocycles. The van der Waals surface area contributed by atoms with E-state index in [9.17, 15) is 0 Å². The Morgan fingerprint density at radius 3 is 2.89 bits per heavy atom. The van der Waals surface area contributed by atoms with Crippen LogP contribution in [0.3, 0.4) is 0 Å². The zero-order valence-corrected chi connectivity index (χ0v) is 12.2. The normalized spacial score (nSPS) is 20.3. The second-order valence-corrected chi connectivity index (χ2v) is 4.91. The Kier molecular flexibility index (Phi) is 5.93. The van der Waals surface area contributed by atoms with E-state index in [2.05, 4.69) is 42.3 Å². The van der Waals surface area contributed by atoms with Crippen molar-refractivity contribution in [3.05, 3.63) is 29.3 Å². The smallest absolute Gasteiger partial charge is 0.123 e. The molecule has 4 heteroatoms. The fourth-order valence-corrected chi connectivity index (χ4v) is 2.43. The van der Waals surface area contributed by atoms with Gasteiger partial charge in [-0.15, -0.1) is 12.4 Å². The molecule has 3 nitrogen and oxygen atoms in total.